The molecule has 1 saturated heterocycles. The van der Waals surface area contributed by atoms with Gasteiger partial charge in [0.05, 0.1) is 18.3 Å². The van der Waals surface area contributed by atoms with Crippen molar-refractivity contribution in [2.75, 3.05) is 38.7 Å². The van der Waals surface area contributed by atoms with Crippen molar-refractivity contribution in [1.82, 2.24) is 9.80 Å². The molecule has 23 heavy (non-hydrogen) atoms. The molecule has 1 atom stereocenters. The molecular weight excluding hydrogens is 318 g/mol. The maximum absolute atomic E-state index is 12.4. The predicted molar refractivity (Wildman–Crippen MR) is 89.9 cm³/mol. The number of rotatable bonds is 2. The molecule has 126 valence electrons. The van der Waals surface area contributed by atoms with E-state index in [2.05, 4.69) is 0 Å². The van der Waals surface area contributed by atoms with Crippen molar-refractivity contribution in [3.05, 3.63) is 29.8 Å². The lowest BCUT2D eigenvalue weighted by molar-refractivity contribution is -0.132. The van der Waals surface area contributed by atoms with Gasteiger partial charge < -0.3 is 14.5 Å². The first-order valence-corrected chi connectivity index (χ1v) is 7.52. The number of benzene rings is 1. The summed E-state index contributed by atoms with van der Waals surface area (Å²) in [6, 6.07) is 7.75. The van der Waals surface area contributed by atoms with E-state index < -0.39 is 0 Å². The second kappa shape index (κ2) is 7.19. The topological polar surface area (TPSA) is 53.1 Å². The Morgan fingerprint density at radius 2 is 2.09 bits per heavy atom. The van der Waals surface area contributed by atoms with E-state index in [1.807, 2.05) is 48.2 Å². The Bertz CT molecular complexity index is 594. The molecule has 1 aromatic rings. The molecule has 7 heteroatoms. The first kappa shape index (κ1) is 17.6. The van der Waals surface area contributed by atoms with Crippen molar-refractivity contribution < 1.29 is 14.3 Å². The molecule has 6 nitrogen and oxygen atoms in total. The van der Waals surface area contributed by atoms with Gasteiger partial charge >= 0.3 is 6.09 Å². The number of carbonyl (C=O) groups excluding carboxylic acids is 2. The lowest BCUT2D eigenvalue weighted by Gasteiger charge is -2.32. The lowest BCUT2D eigenvalue weighted by Crippen LogP contribution is -2.44. The van der Waals surface area contributed by atoms with Crippen LogP contribution < -0.4 is 4.90 Å². The smallest absolute Gasteiger partial charge is 0.414 e. The SMILES string of the molecule is CN(C)CC(=O)N1CC[C@H]2COC(=O)N2c2ccccc2C1.Cl. The van der Waals surface area contributed by atoms with Crippen LogP contribution in [0.3, 0.4) is 0 Å². The minimum Gasteiger partial charge on any atom is -0.447 e. The highest BCUT2D eigenvalue weighted by atomic mass is 35.5. The quantitative estimate of drug-likeness (QED) is 0.823. The number of hydrogen-bond acceptors (Lipinski definition) is 4. The van der Waals surface area contributed by atoms with E-state index in [1.165, 1.54) is 0 Å². The maximum Gasteiger partial charge on any atom is 0.414 e. The third kappa shape index (κ3) is 3.59. The third-order valence-electron chi connectivity index (χ3n) is 4.11. The normalized spacial score (nSPS) is 20.1. The van der Waals surface area contributed by atoms with Crippen molar-refractivity contribution in [2.45, 2.75) is 19.0 Å². The number of para-hydroxylation sites is 1. The molecule has 0 bridgehead atoms. The van der Waals surface area contributed by atoms with Crippen LogP contribution in [0.15, 0.2) is 24.3 Å². The second-order valence-corrected chi connectivity index (χ2v) is 6.07. The number of likely N-dealkylation sites (N-methyl/N-ethyl adjacent to an activating group) is 1. The maximum atomic E-state index is 12.4. The van der Waals surface area contributed by atoms with E-state index in [0.29, 0.717) is 26.2 Å². The van der Waals surface area contributed by atoms with Crippen LogP contribution in [-0.4, -0.2) is 61.6 Å². The number of anilines is 1. The van der Waals surface area contributed by atoms with Crippen molar-refractivity contribution in [2.24, 2.45) is 0 Å². The minimum atomic E-state index is -0.287. The first-order valence-electron chi connectivity index (χ1n) is 7.52. The summed E-state index contributed by atoms with van der Waals surface area (Å²) in [5.74, 6) is 0.110. The molecule has 1 aromatic carbocycles. The number of hydrogen-bond donors (Lipinski definition) is 0. The number of amides is 2. The summed E-state index contributed by atoms with van der Waals surface area (Å²) in [6.45, 7) is 1.95. The molecule has 0 aliphatic carbocycles. The molecule has 0 aromatic heterocycles. The van der Waals surface area contributed by atoms with Crippen molar-refractivity contribution in [1.29, 1.82) is 0 Å². The second-order valence-electron chi connectivity index (χ2n) is 6.07. The van der Waals surface area contributed by atoms with Crippen molar-refractivity contribution >= 4 is 30.1 Å². The molecule has 3 rings (SSSR count). The van der Waals surface area contributed by atoms with Gasteiger partial charge in [-0.1, -0.05) is 18.2 Å². The van der Waals surface area contributed by atoms with E-state index >= 15 is 0 Å². The van der Waals surface area contributed by atoms with E-state index in [-0.39, 0.29) is 30.4 Å². The Labute approximate surface area is 142 Å². The number of cyclic esters (lactones) is 1. The van der Waals surface area contributed by atoms with Gasteiger partial charge in [0, 0.05) is 13.1 Å². The van der Waals surface area contributed by atoms with Crippen molar-refractivity contribution in [3.63, 3.8) is 0 Å². The van der Waals surface area contributed by atoms with Gasteiger partial charge in [-0.05, 0) is 32.1 Å². The molecule has 0 saturated carbocycles. The van der Waals surface area contributed by atoms with Gasteiger partial charge in [-0.25, -0.2) is 4.79 Å². The van der Waals surface area contributed by atoms with Crippen LogP contribution in [0.1, 0.15) is 12.0 Å². The molecule has 0 N–H and O–H groups in total. The van der Waals surface area contributed by atoms with E-state index in [9.17, 15) is 9.59 Å². The average molecular weight is 340 g/mol. The monoisotopic (exact) mass is 339 g/mol. The predicted octanol–water partition coefficient (Wildman–Crippen LogP) is 1.73. The van der Waals surface area contributed by atoms with E-state index in [1.54, 1.807) is 4.90 Å². The van der Waals surface area contributed by atoms with Crippen LogP contribution in [0.5, 0.6) is 0 Å². The zero-order valence-corrected chi connectivity index (χ0v) is 14.2. The molecule has 2 amide bonds. The minimum absolute atomic E-state index is 0. The van der Waals surface area contributed by atoms with E-state index in [0.717, 1.165) is 17.7 Å². The molecule has 1 fully saturated rings. The number of nitrogens with zero attached hydrogens (tertiary/aromatic N) is 3. The molecule has 2 aliphatic heterocycles. The van der Waals surface area contributed by atoms with Gasteiger partial charge in [0.1, 0.15) is 6.61 Å². The Morgan fingerprint density at radius 1 is 1.35 bits per heavy atom. The van der Waals surface area contributed by atoms with Crippen LogP contribution >= 0.6 is 12.4 Å². The summed E-state index contributed by atoms with van der Waals surface area (Å²) in [7, 11) is 3.78. The van der Waals surface area contributed by atoms with Crippen LogP contribution in [0.25, 0.3) is 0 Å². The largest absolute Gasteiger partial charge is 0.447 e. The third-order valence-corrected chi connectivity index (χ3v) is 4.11. The molecule has 2 aliphatic rings. The van der Waals surface area contributed by atoms with Crippen LogP contribution in [0, 0.1) is 0 Å². The Kier molecular flexibility index (Phi) is 5.49. The van der Waals surface area contributed by atoms with Gasteiger partial charge in [0.25, 0.3) is 0 Å². The van der Waals surface area contributed by atoms with Crippen LogP contribution in [0.4, 0.5) is 10.5 Å². The van der Waals surface area contributed by atoms with Crippen LogP contribution in [-0.2, 0) is 16.1 Å². The molecular formula is C16H22ClN3O3. The highest BCUT2D eigenvalue weighted by molar-refractivity contribution is 5.91. The van der Waals surface area contributed by atoms with Crippen molar-refractivity contribution in [3.8, 4) is 0 Å². The fourth-order valence-electron chi connectivity index (χ4n) is 3.02. The fourth-order valence-corrected chi connectivity index (χ4v) is 3.02. The summed E-state index contributed by atoms with van der Waals surface area (Å²) in [6.07, 6.45) is 0.449. The number of ether oxygens (including phenoxy) is 1. The van der Waals surface area contributed by atoms with Crippen LogP contribution in [0.2, 0.25) is 0 Å². The van der Waals surface area contributed by atoms with Gasteiger partial charge in [0.15, 0.2) is 0 Å². The van der Waals surface area contributed by atoms with Gasteiger partial charge in [0.2, 0.25) is 5.91 Å². The summed E-state index contributed by atoms with van der Waals surface area (Å²) in [5, 5.41) is 0. The zero-order chi connectivity index (χ0) is 15.7. The Balaban J connectivity index is 0.00000192. The highest BCUT2D eigenvalue weighted by Crippen LogP contribution is 2.31. The van der Waals surface area contributed by atoms with Gasteiger partial charge in [-0.15, -0.1) is 12.4 Å². The number of carbonyl (C=O) groups is 2. The molecule has 0 radical (unpaired) electrons. The lowest BCUT2D eigenvalue weighted by atomic mass is 10.1. The highest BCUT2D eigenvalue weighted by Gasteiger charge is 2.37. The molecule has 2 heterocycles. The molecule has 0 spiro atoms. The Hall–Kier alpha value is -1.79. The zero-order valence-electron chi connectivity index (χ0n) is 13.4. The van der Waals surface area contributed by atoms with E-state index in [4.69, 9.17) is 4.74 Å². The number of fused-ring (bicyclic) bond motifs is 3. The summed E-state index contributed by atoms with van der Waals surface area (Å²) < 4.78 is 5.20. The summed E-state index contributed by atoms with van der Waals surface area (Å²) in [5.41, 5.74) is 1.84. The average Bonchev–Trinajstić information content (AvgIpc) is 2.80. The summed E-state index contributed by atoms with van der Waals surface area (Å²) in [4.78, 5) is 29.9. The number of halogens is 1. The fraction of sp³-hybridized carbons (Fsp3) is 0.500. The van der Waals surface area contributed by atoms with Gasteiger partial charge in [-0.2, -0.15) is 0 Å². The summed E-state index contributed by atoms with van der Waals surface area (Å²) >= 11 is 0. The molecule has 0 unspecified atom stereocenters. The standard InChI is InChI=1S/C16H21N3O3.ClH/c1-17(2)10-15(20)18-8-7-13-11-22-16(21)19(13)14-6-4-3-5-12(14)9-18;/h3-6,13H,7-11H2,1-2H3;1H/t13-;/m0./s1. The Morgan fingerprint density at radius 3 is 2.83 bits per heavy atom. The van der Waals surface area contributed by atoms with Gasteiger partial charge in [-0.3, -0.25) is 9.69 Å². The first-order chi connectivity index (χ1) is 10.6.